The molecule has 2 aliphatic rings. The highest BCUT2D eigenvalue weighted by Crippen LogP contribution is 2.49. The van der Waals surface area contributed by atoms with Crippen LogP contribution in [-0.2, 0) is 16.0 Å². The third-order valence-electron chi connectivity index (χ3n) is 5.47. The van der Waals surface area contributed by atoms with Gasteiger partial charge >= 0.3 is 11.9 Å². The maximum atomic E-state index is 11.7. The van der Waals surface area contributed by atoms with Crippen LogP contribution in [0, 0.1) is 5.92 Å². The predicted molar refractivity (Wildman–Crippen MR) is 102 cm³/mol. The summed E-state index contributed by atoms with van der Waals surface area (Å²) in [6, 6.07) is 13.5. The van der Waals surface area contributed by atoms with Crippen LogP contribution in [-0.4, -0.2) is 24.2 Å². The first-order valence-electron chi connectivity index (χ1n) is 9.03. The van der Waals surface area contributed by atoms with Crippen molar-refractivity contribution >= 4 is 17.6 Å². The minimum Gasteiger partial charge on any atom is -0.481 e. The summed E-state index contributed by atoms with van der Waals surface area (Å²) in [4.78, 5) is 22.7. The first-order valence-corrected chi connectivity index (χ1v) is 9.03. The molecule has 1 heterocycles. The zero-order chi connectivity index (χ0) is 19.0. The minimum atomic E-state index is -0.819. The van der Waals surface area contributed by atoms with Crippen LogP contribution >= 0.6 is 0 Å². The molecular formula is C22H21NO4. The Bertz CT molecular complexity index is 916. The van der Waals surface area contributed by atoms with Gasteiger partial charge in [-0.2, -0.15) is 0 Å². The highest BCUT2D eigenvalue weighted by atomic mass is 16.5. The largest absolute Gasteiger partial charge is 0.481 e. The molecule has 0 fully saturated rings. The van der Waals surface area contributed by atoms with Crippen molar-refractivity contribution in [2.75, 3.05) is 12.4 Å². The monoisotopic (exact) mass is 363 g/mol. The Morgan fingerprint density at radius 1 is 1.19 bits per heavy atom. The normalized spacial score (nSPS) is 22.5. The SMILES string of the molecule is COC(=O)c1ccc([C@@H]2Nc3ccc(CC(=O)O)cc3[C@H]3C=CC[C@H]32)cc1. The van der Waals surface area contributed by atoms with Crippen molar-refractivity contribution < 1.29 is 19.4 Å². The number of esters is 1. The second kappa shape index (κ2) is 6.91. The van der Waals surface area contributed by atoms with Gasteiger partial charge in [0.25, 0.3) is 0 Å². The van der Waals surface area contributed by atoms with Crippen LogP contribution in [0.5, 0.6) is 0 Å². The van der Waals surface area contributed by atoms with Gasteiger partial charge in [0.2, 0.25) is 0 Å². The summed E-state index contributed by atoms with van der Waals surface area (Å²) in [5.41, 5.74) is 4.69. The number of hydrogen-bond acceptors (Lipinski definition) is 4. The van der Waals surface area contributed by atoms with Crippen molar-refractivity contribution in [3.8, 4) is 0 Å². The number of anilines is 1. The van der Waals surface area contributed by atoms with Crippen LogP contribution in [0.4, 0.5) is 5.69 Å². The van der Waals surface area contributed by atoms with Crippen molar-refractivity contribution in [1.82, 2.24) is 0 Å². The smallest absolute Gasteiger partial charge is 0.337 e. The highest BCUT2D eigenvalue weighted by Gasteiger charge is 2.37. The molecule has 27 heavy (non-hydrogen) atoms. The molecule has 0 amide bonds. The lowest BCUT2D eigenvalue weighted by Gasteiger charge is -2.37. The number of benzene rings is 2. The van der Waals surface area contributed by atoms with E-state index in [9.17, 15) is 9.59 Å². The average molecular weight is 363 g/mol. The molecule has 1 aliphatic heterocycles. The van der Waals surface area contributed by atoms with E-state index >= 15 is 0 Å². The van der Waals surface area contributed by atoms with E-state index in [1.807, 2.05) is 30.3 Å². The van der Waals surface area contributed by atoms with Gasteiger partial charge in [-0.05, 0) is 47.2 Å². The summed E-state index contributed by atoms with van der Waals surface area (Å²) in [6.45, 7) is 0. The van der Waals surface area contributed by atoms with Crippen molar-refractivity contribution in [2.24, 2.45) is 5.92 Å². The number of carbonyl (C=O) groups excluding carboxylic acids is 1. The lowest BCUT2D eigenvalue weighted by molar-refractivity contribution is -0.136. The van der Waals surface area contributed by atoms with Gasteiger partial charge in [-0.1, -0.05) is 36.4 Å². The molecule has 0 radical (unpaired) electrons. The number of nitrogens with one attached hydrogen (secondary N) is 1. The molecule has 3 atom stereocenters. The maximum Gasteiger partial charge on any atom is 0.337 e. The molecule has 5 heteroatoms. The molecule has 2 aromatic carbocycles. The van der Waals surface area contributed by atoms with Crippen LogP contribution in [0.2, 0.25) is 0 Å². The lowest BCUT2D eigenvalue weighted by Crippen LogP contribution is -2.29. The second-order valence-electron chi connectivity index (χ2n) is 7.08. The van der Waals surface area contributed by atoms with Gasteiger partial charge in [0.1, 0.15) is 0 Å². The summed E-state index contributed by atoms with van der Waals surface area (Å²) >= 11 is 0. The van der Waals surface area contributed by atoms with Crippen molar-refractivity contribution in [3.63, 3.8) is 0 Å². The first kappa shape index (κ1) is 17.3. The maximum absolute atomic E-state index is 11.7. The molecule has 1 aliphatic carbocycles. The predicted octanol–water partition coefficient (Wildman–Crippen LogP) is 3.93. The molecule has 4 rings (SSSR count). The Kier molecular flexibility index (Phi) is 4.44. The zero-order valence-electron chi connectivity index (χ0n) is 15.0. The van der Waals surface area contributed by atoms with E-state index in [0.717, 1.165) is 28.8 Å². The molecule has 2 aromatic rings. The quantitative estimate of drug-likeness (QED) is 0.636. The van der Waals surface area contributed by atoms with E-state index in [2.05, 4.69) is 17.5 Å². The van der Waals surface area contributed by atoms with Crippen molar-refractivity contribution in [2.45, 2.75) is 24.8 Å². The van der Waals surface area contributed by atoms with Gasteiger partial charge in [-0.25, -0.2) is 4.79 Å². The average Bonchev–Trinajstić information content (AvgIpc) is 3.17. The molecule has 0 unspecified atom stereocenters. The molecule has 0 saturated carbocycles. The number of rotatable bonds is 4. The summed E-state index contributed by atoms with van der Waals surface area (Å²) in [5, 5.41) is 12.7. The Labute approximate surface area is 157 Å². The summed E-state index contributed by atoms with van der Waals surface area (Å²) in [6.07, 6.45) is 5.42. The Hall–Kier alpha value is -3.08. The fourth-order valence-electron chi connectivity index (χ4n) is 4.20. The van der Waals surface area contributed by atoms with Gasteiger partial charge in [0.15, 0.2) is 0 Å². The third kappa shape index (κ3) is 3.21. The zero-order valence-corrected chi connectivity index (χ0v) is 15.0. The molecule has 0 aromatic heterocycles. The van der Waals surface area contributed by atoms with E-state index in [4.69, 9.17) is 9.84 Å². The number of ether oxygens (including phenoxy) is 1. The second-order valence-corrected chi connectivity index (χ2v) is 7.08. The van der Waals surface area contributed by atoms with Crippen LogP contribution in [0.3, 0.4) is 0 Å². The highest BCUT2D eigenvalue weighted by molar-refractivity contribution is 5.89. The number of methoxy groups -OCH3 is 1. The Morgan fingerprint density at radius 3 is 2.67 bits per heavy atom. The van der Waals surface area contributed by atoms with E-state index in [0.29, 0.717) is 11.5 Å². The molecule has 0 spiro atoms. The number of allylic oxidation sites excluding steroid dienone is 2. The number of fused-ring (bicyclic) bond motifs is 3. The number of carbonyl (C=O) groups is 2. The van der Waals surface area contributed by atoms with Crippen LogP contribution in [0.15, 0.2) is 54.6 Å². The minimum absolute atomic E-state index is 0.0345. The van der Waals surface area contributed by atoms with Crippen molar-refractivity contribution in [1.29, 1.82) is 0 Å². The topological polar surface area (TPSA) is 75.6 Å². The number of aliphatic carboxylic acids is 1. The Morgan fingerprint density at radius 2 is 1.96 bits per heavy atom. The fourth-order valence-corrected chi connectivity index (χ4v) is 4.20. The standard InChI is InChI=1S/C22H21NO4/c1-27-22(26)15-8-6-14(7-9-15)21-17-4-2-3-16(17)18-11-13(12-20(24)25)5-10-19(18)23-21/h2-3,5-11,16-17,21,23H,4,12H2,1H3,(H,24,25)/t16-,17+,21-/m0/s1. The molecule has 0 saturated heterocycles. The number of hydrogen-bond donors (Lipinski definition) is 2. The van der Waals surface area contributed by atoms with Gasteiger partial charge in [-0.3, -0.25) is 4.79 Å². The van der Waals surface area contributed by atoms with Crippen LogP contribution in [0.25, 0.3) is 0 Å². The van der Waals surface area contributed by atoms with Gasteiger partial charge < -0.3 is 15.2 Å². The van der Waals surface area contributed by atoms with E-state index in [1.54, 1.807) is 12.1 Å². The number of carboxylic acids is 1. The number of carboxylic acid groups (broad SMARTS) is 1. The first-order chi connectivity index (χ1) is 13.1. The van der Waals surface area contributed by atoms with Crippen LogP contribution < -0.4 is 5.32 Å². The molecule has 5 nitrogen and oxygen atoms in total. The molecular weight excluding hydrogens is 342 g/mol. The van der Waals surface area contributed by atoms with Gasteiger partial charge in [0.05, 0.1) is 25.1 Å². The molecule has 0 bridgehead atoms. The van der Waals surface area contributed by atoms with Gasteiger partial charge in [0, 0.05) is 11.6 Å². The molecule has 138 valence electrons. The van der Waals surface area contributed by atoms with E-state index in [-0.39, 0.29) is 24.3 Å². The lowest BCUT2D eigenvalue weighted by atomic mass is 9.76. The van der Waals surface area contributed by atoms with E-state index < -0.39 is 5.97 Å². The summed E-state index contributed by atoms with van der Waals surface area (Å²) in [5.74, 6) is -0.530. The van der Waals surface area contributed by atoms with Gasteiger partial charge in [-0.15, -0.1) is 0 Å². The fraction of sp³-hybridized carbons (Fsp3) is 0.273. The van der Waals surface area contributed by atoms with Crippen molar-refractivity contribution in [3.05, 3.63) is 76.9 Å². The van der Waals surface area contributed by atoms with E-state index in [1.165, 1.54) is 7.11 Å². The summed E-state index contributed by atoms with van der Waals surface area (Å²) in [7, 11) is 1.38. The molecule has 2 N–H and O–H groups in total. The third-order valence-corrected chi connectivity index (χ3v) is 5.47. The van der Waals surface area contributed by atoms with Crippen LogP contribution in [0.1, 0.15) is 45.4 Å². The summed E-state index contributed by atoms with van der Waals surface area (Å²) < 4.78 is 4.77. The Balaban J connectivity index is 1.66.